The number of halogens is 2. The Hall–Kier alpha value is -2.15. The number of hydrogen-bond donors (Lipinski definition) is 0. The van der Waals surface area contributed by atoms with Crippen LogP contribution in [0.3, 0.4) is 0 Å². The maximum absolute atomic E-state index is 5.49. The van der Waals surface area contributed by atoms with Crippen LogP contribution in [0.4, 0.5) is 0 Å². The average molecular weight is 602 g/mol. The molecule has 3 aromatic carbocycles. The van der Waals surface area contributed by atoms with Gasteiger partial charge in [-0.05, 0) is 67.8 Å². The minimum Gasteiger partial charge on any atom is -0.497 e. The quantitative estimate of drug-likeness (QED) is 0.298. The molecule has 33 heavy (non-hydrogen) atoms. The maximum Gasteiger partial charge on any atom is 0.136 e. The monoisotopic (exact) mass is 600 g/mol. The van der Waals surface area contributed by atoms with Crippen LogP contribution in [0.15, 0.2) is 59.1 Å². The lowest BCUT2D eigenvalue weighted by atomic mass is 10.3. The normalized spacial score (nSPS) is 10.1. The predicted octanol–water partition coefficient (Wildman–Crippen LogP) is 5.93. The van der Waals surface area contributed by atoms with E-state index in [-0.39, 0.29) is 0 Å². The molecule has 0 saturated heterocycles. The molecule has 0 aliphatic rings. The van der Waals surface area contributed by atoms with Crippen LogP contribution < -0.4 is 39.0 Å². The third-order valence-electron chi connectivity index (χ3n) is 4.56. The highest BCUT2D eigenvalue weighted by Gasteiger charge is 2.20. The number of rotatable bonds is 8. The molecule has 0 aliphatic heterocycles. The molecule has 0 aliphatic carbocycles. The first kappa shape index (κ1) is 27.1. The van der Waals surface area contributed by atoms with Crippen LogP contribution in [0.25, 0.3) is 0 Å². The molecule has 9 heteroatoms. The topological polar surface area (TPSA) is 55.4 Å². The molecule has 0 atom stereocenters. The van der Waals surface area contributed by atoms with Gasteiger partial charge in [-0.2, -0.15) is 0 Å². The van der Waals surface area contributed by atoms with E-state index in [1.54, 1.807) is 42.7 Å². The number of benzene rings is 3. The summed E-state index contributed by atoms with van der Waals surface area (Å²) in [5.41, 5.74) is 0. The Bertz CT molecular complexity index is 992. The van der Waals surface area contributed by atoms with Gasteiger partial charge in [-0.25, -0.2) is 0 Å². The van der Waals surface area contributed by atoms with Crippen molar-refractivity contribution < 1.29 is 28.4 Å². The highest BCUT2D eigenvalue weighted by Crippen LogP contribution is 2.48. The van der Waals surface area contributed by atoms with Gasteiger partial charge in [0.05, 0.1) is 47.1 Å². The van der Waals surface area contributed by atoms with Crippen molar-refractivity contribution in [2.24, 2.45) is 0 Å². The maximum atomic E-state index is 5.49. The van der Waals surface area contributed by atoms with Crippen molar-refractivity contribution in [2.75, 3.05) is 42.7 Å². The zero-order chi connectivity index (χ0) is 24.4. The van der Waals surface area contributed by atoms with E-state index in [4.69, 9.17) is 28.4 Å². The Morgan fingerprint density at radius 1 is 0.515 bits per heavy atom. The second kappa shape index (κ2) is 13.5. The molecule has 0 fully saturated rings. The Morgan fingerprint density at radius 3 is 1.24 bits per heavy atom. The lowest BCUT2D eigenvalue weighted by Gasteiger charge is -2.18. The molecule has 0 amide bonds. The van der Waals surface area contributed by atoms with Crippen molar-refractivity contribution in [3.8, 4) is 34.5 Å². The van der Waals surface area contributed by atoms with Crippen molar-refractivity contribution >= 4 is 48.7 Å². The summed E-state index contributed by atoms with van der Waals surface area (Å²) in [5.74, 6) is 4.66. The van der Waals surface area contributed by atoms with Crippen molar-refractivity contribution in [1.29, 1.82) is 0 Å². The summed E-state index contributed by atoms with van der Waals surface area (Å²) < 4.78 is 32.5. The van der Waals surface area contributed by atoms with Gasteiger partial charge in [0.1, 0.15) is 34.5 Å². The molecule has 0 bridgehead atoms. The Balaban J connectivity index is 0.000000294. The summed E-state index contributed by atoms with van der Waals surface area (Å²) in [6.07, 6.45) is 0. The molecule has 0 spiro atoms. The van der Waals surface area contributed by atoms with E-state index >= 15 is 0 Å². The second-order valence-electron chi connectivity index (χ2n) is 6.36. The third kappa shape index (κ3) is 7.16. The molecule has 3 rings (SSSR count). The Labute approximate surface area is 212 Å². The molecule has 3 aromatic rings. The molecule has 0 saturated carbocycles. The van der Waals surface area contributed by atoms with E-state index in [9.17, 15) is 0 Å². The van der Waals surface area contributed by atoms with Gasteiger partial charge in [-0.1, -0.05) is 0 Å². The minimum absolute atomic E-state index is 0.762. The van der Waals surface area contributed by atoms with Crippen molar-refractivity contribution in [3.63, 3.8) is 0 Å². The van der Waals surface area contributed by atoms with Gasteiger partial charge in [-0.15, -0.1) is 0 Å². The SMILES string of the molecule is COc1ccc(Br)c(OC)c1.COc1ccc(P(Br)c2ccc(OC)cc2OC)c(OC)c1. The van der Waals surface area contributed by atoms with Crippen LogP contribution >= 0.6 is 38.0 Å². The second-order valence-corrected chi connectivity index (χ2v) is 10.9. The lowest BCUT2D eigenvalue weighted by Crippen LogP contribution is -2.13. The zero-order valence-corrected chi connectivity index (χ0v) is 23.4. The highest BCUT2D eigenvalue weighted by molar-refractivity contribution is 9.41. The van der Waals surface area contributed by atoms with Crippen LogP contribution in [0.2, 0.25) is 0 Å². The molecule has 0 aromatic heterocycles. The van der Waals surface area contributed by atoms with Crippen LogP contribution in [0.5, 0.6) is 34.5 Å². The summed E-state index contributed by atoms with van der Waals surface area (Å²) in [6.45, 7) is -0.807. The molecular formula is C24H27Br2O6P. The number of methoxy groups -OCH3 is 6. The van der Waals surface area contributed by atoms with E-state index in [2.05, 4.69) is 31.4 Å². The van der Waals surface area contributed by atoms with E-state index in [1.807, 2.05) is 54.6 Å². The number of ether oxygens (including phenoxy) is 6. The summed E-state index contributed by atoms with van der Waals surface area (Å²) in [5, 5.41) is 2.11. The first-order valence-electron chi connectivity index (χ1n) is 9.69. The van der Waals surface area contributed by atoms with Gasteiger partial charge in [0.15, 0.2) is 0 Å². The summed E-state index contributed by atoms with van der Waals surface area (Å²) in [6, 6.07) is 17.2. The van der Waals surface area contributed by atoms with Crippen LogP contribution in [0.1, 0.15) is 0 Å². The fourth-order valence-electron chi connectivity index (χ4n) is 2.79. The Kier molecular flexibility index (Phi) is 11.1. The fraction of sp³-hybridized carbons (Fsp3) is 0.250. The molecule has 0 N–H and O–H groups in total. The number of hydrogen-bond acceptors (Lipinski definition) is 6. The smallest absolute Gasteiger partial charge is 0.136 e. The average Bonchev–Trinajstić information content (AvgIpc) is 2.88. The molecule has 0 unspecified atom stereocenters. The minimum atomic E-state index is -0.807. The molecule has 0 heterocycles. The molecule has 178 valence electrons. The van der Waals surface area contributed by atoms with Gasteiger partial charge < -0.3 is 28.4 Å². The van der Waals surface area contributed by atoms with Crippen molar-refractivity contribution in [1.82, 2.24) is 0 Å². The lowest BCUT2D eigenvalue weighted by molar-refractivity contribution is 0.392. The van der Waals surface area contributed by atoms with Crippen LogP contribution in [0, 0.1) is 0 Å². The summed E-state index contributed by atoms with van der Waals surface area (Å²) in [7, 11) is 9.83. The van der Waals surface area contributed by atoms with Gasteiger partial charge in [0.2, 0.25) is 0 Å². The molecule has 6 nitrogen and oxygen atoms in total. The van der Waals surface area contributed by atoms with Crippen LogP contribution in [-0.4, -0.2) is 42.7 Å². The molecular weight excluding hydrogens is 575 g/mol. The van der Waals surface area contributed by atoms with E-state index in [0.29, 0.717) is 0 Å². The van der Waals surface area contributed by atoms with Gasteiger partial charge in [0.25, 0.3) is 0 Å². The largest absolute Gasteiger partial charge is 0.497 e. The predicted molar refractivity (Wildman–Crippen MR) is 141 cm³/mol. The highest BCUT2D eigenvalue weighted by atomic mass is 79.9. The summed E-state index contributed by atoms with van der Waals surface area (Å²) in [4.78, 5) is 0. The first-order chi connectivity index (χ1) is 15.9. The summed E-state index contributed by atoms with van der Waals surface area (Å²) >= 11 is 7.13. The van der Waals surface area contributed by atoms with Crippen molar-refractivity contribution in [3.05, 3.63) is 59.1 Å². The van der Waals surface area contributed by atoms with Crippen LogP contribution in [-0.2, 0) is 0 Å². The standard InChI is InChI=1S/C16H18BrO4P.C8H9BrO2/c1-18-11-5-7-15(13(9-11)20-3)22(17)16-8-6-12(19-2)10-14(16)21-4;1-10-6-3-4-7(9)8(5-6)11-2/h5-10H,1-4H3;3-5H,1-2H3. The Morgan fingerprint density at radius 2 is 0.879 bits per heavy atom. The van der Waals surface area contributed by atoms with Crippen molar-refractivity contribution in [2.45, 2.75) is 0 Å². The van der Waals surface area contributed by atoms with E-state index in [1.165, 1.54) is 0 Å². The zero-order valence-electron chi connectivity index (χ0n) is 19.3. The van der Waals surface area contributed by atoms with Gasteiger partial charge in [0, 0.05) is 35.4 Å². The fourth-order valence-corrected chi connectivity index (χ4v) is 6.33. The van der Waals surface area contributed by atoms with Gasteiger partial charge >= 0.3 is 0 Å². The first-order valence-corrected chi connectivity index (χ1v) is 13.8. The van der Waals surface area contributed by atoms with Gasteiger partial charge in [-0.3, -0.25) is 0 Å². The van der Waals surface area contributed by atoms with E-state index < -0.39 is 6.62 Å². The molecule has 0 radical (unpaired) electrons. The van der Waals surface area contributed by atoms with E-state index in [0.717, 1.165) is 49.6 Å². The third-order valence-corrected chi connectivity index (χ3v) is 9.09.